The van der Waals surface area contributed by atoms with Crippen molar-refractivity contribution in [3.63, 3.8) is 0 Å². The molecule has 0 bridgehead atoms. The molecule has 1 saturated heterocycles. The topological polar surface area (TPSA) is 103 Å². The van der Waals surface area contributed by atoms with Gasteiger partial charge >= 0.3 is 0 Å². The summed E-state index contributed by atoms with van der Waals surface area (Å²) in [5.74, 6) is -1.48. The highest BCUT2D eigenvalue weighted by molar-refractivity contribution is 6.42. The van der Waals surface area contributed by atoms with Crippen LogP contribution in [0.1, 0.15) is 17.5 Å². The molecule has 0 saturated carbocycles. The number of guanidine groups is 1. The fraction of sp³-hybridized carbons (Fsp3) is 0.0500. The molecule has 1 fully saturated rings. The molecule has 0 spiro atoms. The smallest absolute Gasteiger partial charge is 0.294 e. The van der Waals surface area contributed by atoms with Gasteiger partial charge in [-0.15, -0.1) is 5.10 Å². The van der Waals surface area contributed by atoms with Crippen molar-refractivity contribution in [3.8, 4) is 0 Å². The Morgan fingerprint density at radius 2 is 1.67 bits per heavy atom. The summed E-state index contributed by atoms with van der Waals surface area (Å²) in [7, 11) is 0. The maximum Gasteiger partial charge on any atom is 0.298 e. The molecule has 8 nitrogen and oxygen atoms in total. The first kappa shape index (κ1) is 19.8. The summed E-state index contributed by atoms with van der Waals surface area (Å²) in [6.07, 6.45) is 1.24. The largest absolute Gasteiger partial charge is 0.298 e. The molecule has 2 aromatic rings. The second-order valence-corrected chi connectivity index (χ2v) is 7.16. The van der Waals surface area contributed by atoms with E-state index in [9.17, 15) is 14.4 Å². The number of aliphatic imine (C=N–C) groups is 1. The van der Waals surface area contributed by atoms with E-state index >= 15 is 0 Å². The number of hydrazone groups is 1. The van der Waals surface area contributed by atoms with Crippen molar-refractivity contribution in [2.75, 3.05) is 0 Å². The van der Waals surface area contributed by atoms with Gasteiger partial charge in [0, 0.05) is 5.56 Å². The average Bonchev–Trinajstić information content (AvgIpc) is 3.00. The molecule has 2 aliphatic rings. The summed E-state index contributed by atoms with van der Waals surface area (Å²) < 4.78 is 0. The van der Waals surface area contributed by atoms with E-state index in [2.05, 4.69) is 20.7 Å². The van der Waals surface area contributed by atoms with Crippen molar-refractivity contribution >= 4 is 58.8 Å². The highest BCUT2D eigenvalue weighted by atomic mass is 35.5. The molecule has 4 rings (SSSR count). The van der Waals surface area contributed by atoms with Crippen LogP contribution in [0, 0.1) is 0 Å². The number of rotatable bonds is 3. The lowest BCUT2D eigenvalue weighted by Gasteiger charge is -2.18. The number of nitrogens with zero attached hydrogens (tertiary/aromatic N) is 3. The van der Waals surface area contributed by atoms with Crippen molar-refractivity contribution in [3.05, 3.63) is 75.4 Å². The Bertz CT molecular complexity index is 1140. The Labute approximate surface area is 180 Å². The van der Waals surface area contributed by atoms with Crippen LogP contribution in [0.15, 0.2) is 64.3 Å². The minimum atomic E-state index is -0.540. The van der Waals surface area contributed by atoms with Crippen LogP contribution in [0.3, 0.4) is 0 Å². The number of halogens is 2. The van der Waals surface area contributed by atoms with Gasteiger partial charge in [-0.25, -0.2) is 4.99 Å². The van der Waals surface area contributed by atoms with Gasteiger partial charge in [0.05, 0.1) is 10.0 Å². The third-order valence-corrected chi connectivity index (χ3v) is 4.89. The van der Waals surface area contributed by atoms with E-state index in [0.29, 0.717) is 21.2 Å². The minimum Gasteiger partial charge on any atom is -0.294 e. The second kappa shape index (κ2) is 8.10. The Morgan fingerprint density at radius 3 is 2.33 bits per heavy atom. The fourth-order valence-corrected chi connectivity index (χ4v) is 3.12. The number of nitrogens with one attached hydrogen (secondary N) is 2. The molecular weight excluding hydrogens is 429 g/mol. The lowest BCUT2D eigenvalue weighted by Crippen LogP contribution is -2.52. The molecular formula is C20H13Cl2N5O3. The third-order valence-electron chi connectivity index (χ3n) is 4.15. The molecule has 0 radical (unpaired) electrons. The first-order valence-electron chi connectivity index (χ1n) is 8.74. The molecule has 2 N–H and O–H groups in total. The van der Waals surface area contributed by atoms with Crippen LogP contribution in [0.25, 0.3) is 6.08 Å². The standard InChI is InChI=1S/C20H13Cl2N5O3/c21-13-7-6-11(8-14(13)22)9-15-19(30)27(18(23-15)12-4-2-1-3-5-12)26-20-24-16(28)10-17(29)25-20/h1-9H,10H2,(H2,24,25,26,28,29)/b15-9+. The third kappa shape index (κ3) is 4.10. The van der Waals surface area contributed by atoms with Gasteiger partial charge in [0.2, 0.25) is 17.8 Å². The van der Waals surface area contributed by atoms with Crippen LogP contribution < -0.4 is 10.6 Å². The monoisotopic (exact) mass is 441 g/mol. The summed E-state index contributed by atoms with van der Waals surface area (Å²) in [5.41, 5.74) is 1.35. The molecule has 3 amide bonds. The van der Waals surface area contributed by atoms with Gasteiger partial charge in [0.1, 0.15) is 12.1 Å². The zero-order chi connectivity index (χ0) is 21.3. The van der Waals surface area contributed by atoms with Gasteiger partial charge < -0.3 is 0 Å². The van der Waals surface area contributed by atoms with Crippen LogP contribution in [0.2, 0.25) is 10.0 Å². The van der Waals surface area contributed by atoms with Gasteiger partial charge in [-0.3, -0.25) is 25.0 Å². The average molecular weight is 442 g/mol. The van der Waals surface area contributed by atoms with E-state index in [1.54, 1.807) is 48.5 Å². The van der Waals surface area contributed by atoms with Crippen molar-refractivity contribution in [2.24, 2.45) is 10.1 Å². The lowest BCUT2D eigenvalue weighted by atomic mass is 10.2. The molecule has 2 heterocycles. The predicted octanol–water partition coefficient (Wildman–Crippen LogP) is 2.53. The molecule has 0 atom stereocenters. The zero-order valence-electron chi connectivity index (χ0n) is 15.2. The molecule has 10 heteroatoms. The number of benzene rings is 2. The maximum absolute atomic E-state index is 13.0. The minimum absolute atomic E-state index is 0.102. The van der Waals surface area contributed by atoms with Crippen LogP contribution in [-0.4, -0.2) is 34.5 Å². The highest BCUT2D eigenvalue weighted by Gasteiger charge is 2.33. The summed E-state index contributed by atoms with van der Waals surface area (Å²) in [6, 6.07) is 13.9. The van der Waals surface area contributed by atoms with Crippen molar-refractivity contribution < 1.29 is 14.4 Å². The number of hydrogen-bond acceptors (Lipinski definition) is 5. The molecule has 150 valence electrons. The van der Waals surface area contributed by atoms with Crippen LogP contribution in [0.4, 0.5) is 0 Å². The number of carbonyl (C=O) groups excluding carboxylic acids is 3. The van der Waals surface area contributed by atoms with E-state index in [1.807, 2.05) is 6.07 Å². The van der Waals surface area contributed by atoms with Crippen LogP contribution in [-0.2, 0) is 14.4 Å². The summed E-state index contributed by atoms with van der Waals surface area (Å²) in [5, 5.41) is 10.7. The second-order valence-electron chi connectivity index (χ2n) is 6.34. The van der Waals surface area contributed by atoms with Gasteiger partial charge in [0.15, 0.2) is 5.84 Å². The van der Waals surface area contributed by atoms with Crippen LogP contribution >= 0.6 is 23.2 Å². The van der Waals surface area contributed by atoms with Gasteiger partial charge in [0.25, 0.3) is 5.91 Å². The lowest BCUT2D eigenvalue weighted by molar-refractivity contribution is -0.129. The van der Waals surface area contributed by atoms with Crippen molar-refractivity contribution in [1.29, 1.82) is 0 Å². The van der Waals surface area contributed by atoms with Gasteiger partial charge in [-0.05, 0) is 23.8 Å². The molecule has 2 aromatic carbocycles. The molecule has 2 aliphatic heterocycles. The number of amides is 3. The van der Waals surface area contributed by atoms with Crippen LogP contribution in [0.5, 0.6) is 0 Å². The summed E-state index contributed by atoms with van der Waals surface area (Å²) in [6.45, 7) is 0. The Hall–Kier alpha value is -3.49. The van der Waals surface area contributed by atoms with Crippen molar-refractivity contribution in [2.45, 2.75) is 6.42 Å². The van der Waals surface area contributed by atoms with Gasteiger partial charge in [-0.1, -0.05) is 59.6 Å². The van der Waals surface area contributed by atoms with E-state index in [-0.39, 0.29) is 23.9 Å². The van der Waals surface area contributed by atoms with E-state index in [4.69, 9.17) is 23.2 Å². The molecule has 0 aliphatic carbocycles. The first-order valence-corrected chi connectivity index (χ1v) is 9.50. The zero-order valence-corrected chi connectivity index (χ0v) is 16.7. The molecule has 30 heavy (non-hydrogen) atoms. The fourth-order valence-electron chi connectivity index (χ4n) is 2.81. The van der Waals surface area contributed by atoms with Gasteiger partial charge in [-0.2, -0.15) is 5.01 Å². The molecule has 0 unspecified atom stereocenters. The van der Waals surface area contributed by atoms with E-state index in [0.717, 1.165) is 5.01 Å². The molecule has 0 aromatic heterocycles. The highest BCUT2D eigenvalue weighted by Crippen LogP contribution is 2.26. The number of amidine groups is 1. The maximum atomic E-state index is 13.0. The Morgan fingerprint density at radius 1 is 0.967 bits per heavy atom. The number of hydrogen-bond donors (Lipinski definition) is 2. The van der Waals surface area contributed by atoms with E-state index in [1.165, 1.54) is 0 Å². The quantitative estimate of drug-likeness (QED) is 0.564. The predicted molar refractivity (Wildman–Crippen MR) is 113 cm³/mol. The summed E-state index contributed by atoms with van der Waals surface area (Å²) in [4.78, 5) is 40.7. The first-order chi connectivity index (χ1) is 14.4. The van der Waals surface area contributed by atoms with Crippen molar-refractivity contribution in [1.82, 2.24) is 15.6 Å². The normalized spacial score (nSPS) is 17.7. The number of carbonyl (C=O) groups is 3. The SMILES string of the molecule is O=C1CC(=O)NC(=NN2C(=O)/C(=C\c3ccc(Cl)c(Cl)c3)N=C2c2ccccc2)N1. The summed E-state index contributed by atoms with van der Waals surface area (Å²) >= 11 is 12.0. The van der Waals surface area contributed by atoms with E-state index < -0.39 is 17.7 Å². The Balaban J connectivity index is 1.75. The Kier molecular flexibility index (Phi) is 5.35.